The third kappa shape index (κ3) is 4.61. The molecule has 2 aliphatic rings. The van der Waals surface area contributed by atoms with Crippen molar-refractivity contribution in [3.05, 3.63) is 47.5 Å². The molecule has 3 heterocycles. The molecule has 1 N–H and O–H groups in total. The second kappa shape index (κ2) is 9.62. The van der Waals surface area contributed by atoms with E-state index in [1.165, 1.54) is 24.2 Å². The normalized spacial score (nSPS) is 19.1. The summed E-state index contributed by atoms with van der Waals surface area (Å²) in [4.78, 5) is 11.6. The number of methoxy groups -OCH3 is 1. The van der Waals surface area contributed by atoms with Crippen LogP contribution in [0.25, 0.3) is 0 Å². The first-order valence-corrected chi connectivity index (χ1v) is 9.91. The molecular weight excluding hydrogens is 465 g/mol. The molecule has 0 bridgehead atoms. The molecular formula is C21H30IN5O. The third-order valence-corrected chi connectivity index (χ3v) is 5.67. The van der Waals surface area contributed by atoms with Gasteiger partial charge in [-0.2, -0.15) is 0 Å². The van der Waals surface area contributed by atoms with E-state index in [4.69, 9.17) is 9.72 Å². The summed E-state index contributed by atoms with van der Waals surface area (Å²) < 4.78 is 7.57. The summed E-state index contributed by atoms with van der Waals surface area (Å²) in [7, 11) is 3.57. The van der Waals surface area contributed by atoms with Gasteiger partial charge in [-0.15, -0.1) is 24.0 Å². The standard InChI is InChI=1S/C21H29N5O.HI/c1-22-21(23-13-18-15-25-11-4-3-5-20(25)24-18)26-12-10-17(14-26)16-6-8-19(27-2)9-7-16;/h6-9,15,17H,3-5,10-14H2,1-2H3,(H,22,23);1H. The van der Waals surface area contributed by atoms with Gasteiger partial charge < -0.3 is 19.5 Å². The van der Waals surface area contributed by atoms with Gasteiger partial charge in [0.15, 0.2) is 5.96 Å². The van der Waals surface area contributed by atoms with Gasteiger partial charge in [-0.3, -0.25) is 4.99 Å². The minimum Gasteiger partial charge on any atom is -0.497 e. The first-order chi connectivity index (χ1) is 13.3. The maximum Gasteiger partial charge on any atom is 0.193 e. The van der Waals surface area contributed by atoms with E-state index in [-0.39, 0.29) is 24.0 Å². The molecule has 0 saturated carbocycles. The molecule has 28 heavy (non-hydrogen) atoms. The van der Waals surface area contributed by atoms with Gasteiger partial charge in [0.05, 0.1) is 19.3 Å². The largest absolute Gasteiger partial charge is 0.497 e. The van der Waals surface area contributed by atoms with Crippen molar-refractivity contribution in [3.63, 3.8) is 0 Å². The number of aliphatic imine (C=N–C) groups is 1. The molecule has 1 unspecified atom stereocenters. The van der Waals surface area contributed by atoms with Gasteiger partial charge in [0.1, 0.15) is 11.6 Å². The lowest BCUT2D eigenvalue weighted by Crippen LogP contribution is -2.39. The zero-order valence-corrected chi connectivity index (χ0v) is 19.1. The molecule has 1 atom stereocenters. The molecule has 1 aromatic carbocycles. The molecule has 1 saturated heterocycles. The first-order valence-electron chi connectivity index (χ1n) is 9.91. The van der Waals surface area contributed by atoms with Crippen molar-refractivity contribution in [1.29, 1.82) is 0 Å². The molecule has 2 aromatic rings. The lowest BCUT2D eigenvalue weighted by molar-refractivity contribution is 0.414. The first kappa shape index (κ1) is 21.0. The number of aryl methyl sites for hydroxylation is 2. The highest BCUT2D eigenvalue weighted by molar-refractivity contribution is 14.0. The van der Waals surface area contributed by atoms with Crippen LogP contribution in [0.1, 0.15) is 42.3 Å². The molecule has 1 aromatic heterocycles. The van der Waals surface area contributed by atoms with Crippen LogP contribution in [0.3, 0.4) is 0 Å². The summed E-state index contributed by atoms with van der Waals surface area (Å²) in [5, 5.41) is 3.51. The Balaban J connectivity index is 0.00000225. The zero-order chi connectivity index (χ0) is 18.6. The van der Waals surface area contributed by atoms with Crippen LogP contribution in [-0.4, -0.2) is 47.7 Å². The number of imidazole rings is 1. The highest BCUT2D eigenvalue weighted by Crippen LogP contribution is 2.28. The lowest BCUT2D eigenvalue weighted by atomic mass is 9.98. The smallest absolute Gasteiger partial charge is 0.193 e. The highest BCUT2D eigenvalue weighted by Gasteiger charge is 2.26. The summed E-state index contributed by atoms with van der Waals surface area (Å²) in [5.74, 6) is 3.65. The Labute approximate surface area is 184 Å². The SMILES string of the molecule is CN=C(NCc1cn2c(n1)CCCC2)N1CCC(c2ccc(OC)cc2)C1.I. The minimum absolute atomic E-state index is 0. The van der Waals surface area contributed by atoms with Gasteiger partial charge in [-0.1, -0.05) is 12.1 Å². The summed E-state index contributed by atoms with van der Waals surface area (Å²) in [5.41, 5.74) is 2.48. The van der Waals surface area contributed by atoms with E-state index >= 15 is 0 Å². The van der Waals surface area contributed by atoms with Crippen molar-refractivity contribution in [3.8, 4) is 5.75 Å². The molecule has 7 heteroatoms. The third-order valence-electron chi connectivity index (χ3n) is 5.67. The van der Waals surface area contributed by atoms with Crippen LogP contribution < -0.4 is 10.1 Å². The Hall–Kier alpha value is -1.77. The second-order valence-electron chi connectivity index (χ2n) is 7.40. The number of hydrogen-bond donors (Lipinski definition) is 1. The molecule has 4 rings (SSSR count). The zero-order valence-electron chi connectivity index (χ0n) is 16.7. The fourth-order valence-corrected chi connectivity index (χ4v) is 4.16. The van der Waals surface area contributed by atoms with Crippen molar-refractivity contribution in [2.24, 2.45) is 4.99 Å². The van der Waals surface area contributed by atoms with Gasteiger partial charge in [-0.25, -0.2) is 4.98 Å². The summed E-state index contributed by atoms with van der Waals surface area (Å²) in [6.07, 6.45) is 6.96. The molecule has 0 aliphatic carbocycles. The van der Waals surface area contributed by atoms with Crippen LogP contribution >= 0.6 is 24.0 Å². The Kier molecular flexibility index (Phi) is 7.20. The maximum absolute atomic E-state index is 5.27. The van der Waals surface area contributed by atoms with Crippen LogP contribution in [0.15, 0.2) is 35.5 Å². The average molecular weight is 495 g/mol. The fraction of sp³-hybridized carbons (Fsp3) is 0.524. The molecule has 1 fully saturated rings. The quantitative estimate of drug-likeness (QED) is 0.402. The number of halogens is 1. The maximum atomic E-state index is 5.27. The summed E-state index contributed by atoms with van der Waals surface area (Å²) in [6, 6.07) is 8.45. The molecule has 0 amide bonds. The topological polar surface area (TPSA) is 54.7 Å². The Morgan fingerprint density at radius 3 is 2.79 bits per heavy atom. The fourth-order valence-electron chi connectivity index (χ4n) is 4.16. The minimum atomic E-state index is 0. The molecule has 6 nitrogen and oxygen atoms in total. The summed E-state index contributed by atoms with van der Waals surface area (Å²) >= 11 is 0. The number of likely N-dealkylation sites (tertiary alicyclic amines) is 1. The molecule has 0 spiro atoms. The van der Waals surface area contributed by atoms with E-state index in [1.54, 1.807) is 7.11 Å². The molecule has 152 valence electrons. The predicted molar refractivity (Wildman–Crippen MR) is 123 cm³/mol. The van der Waals surface area contributed by atoms with Crippen molar-refractivity contribution >= 4 is 29.9 Å². The highest BCUT2D eigenvalue weighted by atomic mass is 127. The number of nitrogens with zero attached hydrogens (tertiary/aromatic N) is 4. The van der Waals surface area contributed by atoms with Gasteiger partial charge in [-0.05, 0) is 37.0 Å². The number of guanidine groups is 1. The van der Waals surface area contributed by atoms with E-state index in [1.807, 2.05) is 19.2 Å². The van der Waals surface area contributed by atoms with Crippen molar-refractivity contribution in [2.75, 3.05) is 27.2 Å². The van der Waals surface area contributed by atoms with Gasteiger partial charge in [0.25, 0.3) is 0 Å². The van der Waals surface area contributed by atoms with Gasteiger partial charge >= 0.3 is 0 Å². The lowest BCUT2D eigenvalue weighted by Gasteiger charge is -2.21. The van der Waals surface area contributed by atoms with Crippen LogP contribution in [0.5, 0.6) is 5.75 Å². The second-order valence-corrected chi connectivity index (χ2v) is 7.40. The van der Waals surface area contributed by atoms with Crippen LogP contribution in [-0.2, 0) is 19.5 Å². The van der Waals surface area contributed by atoms with E-state index in [0.717, 1.165) is 56.4 Å². The predicted octanol–water partition coefficient (Wildman–Crippen LogP) is 3.41. The number of benzene rings is 1. The number of fused-ring (bicyclic) bond motifs is 1. The van der Waals surface area contributed by atoms with Crippen LogP contribution in [0, 0.1) is 0 Å². The van der Waals surface area contributed by atoms with E-state index in [0.29, 0.717) is 5.92 Å². The number of aromatic nitrogens is 2. The summed E-state index contributed by atoms with van der Waals surface area (Å²) in [6.45, 7) is 3.85. The molecule has 2 aliphatic heterocycles. The Morgan fingerprint density at radius 2 is 2.07 bits per heavy atom. The Morgan fingerprint density at radius 1 is 1.25 bits per heavy atom. The average Bonchev–Trinajstić information content (AvgIpc) is 3.35. The molecule has 0 radical (unpaired) electrons. The van der Waals surface area contributed by atoms with Crippen molar-refractivity contribution in [1.82, 2.24) is 19.8 Å². The van der Waals surface area contributed by atoms with Crippen molar-refractivity contribution in [2.45, 2.75) is 44.7 Å². The van der Waals surface area contributed by atoms with E-state index in [9.17, 15) is 0 Å². The Bertz CT molecular complexity index is 778. The van der Waals surface area contributed by atoms with Crippen molar-refractivity contribution < 1.29 is 4.74 Å². The van der Waals surface area contributed by atoms with Crippen LogP contribution in [0.2, 0.25) is 0 Å². The number of rotatable bonds is 4. The van der Waals surface area contributed by atoms with E-state index in [2.05, 4.69) is 38.1 Å². The van der Waals surface area contributed by atoms with E-state index < -0.39 is 0 Å². The van der Waals surface area contributed by atoms with Gasteiger partial charge in [0.2, 0.25) is 0 Å². The van der Waals surface area contributed by atoms with Gasteiger partial charge in [0, 0.05) is 45.2 Å². The number of nitrogens with one attached hydrogen (secondary N) is 1. The number of ether oxygens (including phenoxy) is 1. The monoisotopic (exact) mass is 495 g/mol. The van der Waals surface area contributed by atoms with Crippen LogP contribution in [0.4, 0.5) is 0 Å². The number of hydrogen-bond acceptors (Lipinski definition) is 3.